The highest BCUT2D eigenvalue weighted by Crippen LogP contribution is 2.37. The van der Waals surface area contributed by atoms with Gasteiger partial charge in [-0.2, -0.15) is 0 Å². The van der Waals surface area contributed by atoms with Gasteiger partial charge in [0.15, 0.2) is 0 Å². The summed E-state index contributed by atoms with van der Waals surface area (Å²) >= 11 is 9.45. The molecule has 0 amide bonds. The summed E-state index contributed by atoms with van der Waals surface area (Å²) in [5.41, 5.74) is 3.06. The molecule has 0 radical (unpaired) electrons. The van der Waals surface area contributed by atoms with E-state index in [4.69, 9.17) is 11.6 Å². The van der Waals surface area contributed by atoms with Crippen LogP contribution in [0.15, 0.2) is 65.1 Å². The number of nitrogens with zero attached hydrogens (tertiary/aromatic N) is 1. The lowest BCUT2D eigenvalue weighted by atomic mass is 10.2. The van der Waals surface area contributed by atoms with E-state index >= 15 is 0 Å². The van der Waals surface area contributed by atoms with Crippen molar-refractivity contribution in [2.75, 3.05) is 0 Å². The average Bonchev–Trinajstić information content (AvgIpc) is 2.87. The normalized spacial score (nSPS) is 11.4. The van der Waals surface area contributed by atoms with Crippen molar-refractivity contribution in [3.05, 3.63) is 70.2 Å². The lowest BCUT2D eigenvalue weighted by Gasteiger charge is -2.10. The van der Waals surface area contributed by atoms with Gasteiger partial charge in [-0.15, -0.1) is 0 Å². The zero-order valence-electron chi connectivity index (χ0n) is 11.4. The summed E-state index contributed by atoms with van der Waals surface area (Å²) in [6, 6.07) is 20.1. The molecule has 0 aliphatic carbocycles. The lowest BCUT2D eigenvalue weighted by Crippen LogP contribution is -1.94. The molecule has 0 aliphatic rings. The molecule has 1 aromatic heterocycles. The summed E-state index contributed by atoms with van der Waals surface area (Å²) in [5.74, 6) is 0.0629. The van der Waals surface area contributed by atoms with Crippen LogP contribution >= 0.6 is 27.5 Å². The van der Waals surface area contributed by atoms with Gasteiger partial charge >= 0.3 is 0 Å². The standard InChI is InChI=1S/C18H11BrClNO/c19-14-9-11(10-17(22)18(14)20)21-15-7-3-1-5-12(15)13-6-2-4-8-16(13)21/h1-10,22H. The van der Waals surface area contributed by atoms with Crippen molar-refractivity contribution in [1.82, 2.24) is 4.57 Å². The second kappa shape index (κ2) is 5.04. The third-order valence-corrected chi connectivity index (χ3v) is 5.08. The third-order valence-electron chi connectivity index (χ3n) is 3.83. The van der Waals surface area contributed by atoms with Crippen molar-refractivity contribution in [2.45, 2.75) is 0 Å². The monoisotopic (exact) mass is 371 g/mol. The molecular formula is C18H11BrClNO. The van der Waals surface area contributed by atoms with Crippen LogP contribution in [-0.2, 0) is 0 Å². The zero-order chi connectivity index (χ0) is 15.3. The second-order valence-electron chi connectivity index (χ2n) is 5.13. The van der Waals surface area contributed by atoms with Crippen molar-refractivity contribution in [1.29, 1.82) is 0 Å². The molecule has 4 aromatic rings. The van der Waals surface area contributed by atoms with Crippen molar-refractivity contribution >= 4 is 49.3 Å². The first-order valence-corrected chi connectivity index (χ1v) is 8.00. The van der Waals surface area contributed by atoms with E-state index in [1.807, 2.05) is 30.3 Å². The number of fused-ring (bicyclic) bond motifs is 3. The Morgan fingerprint density at radius 2 is 1.41 bits per heavy atom. The summed E-state index contributed by atoms with van der Waals surface area (Å²) < 4.78 is 2.80. The summed E-state index contributed by atoms with van der Waals surface area (Å²) in [6.45, 7) is 0. The minimum Gasteiger partial charge on any atom is -0.506 e. The summed E-state index contributed by atoms with van der Waals surface area (Å²) in [5, 5.41) is 12.7. The third kappa shape index (κ3) is 1.93. The molecule has 0 bridgehead atoms. The highest BCUT2D eigenvalue weighted by atomic mass is 79.9. The Morgan fingerprint density at radius 1 is 0.864 bits per heavy atom. The van der Waals surface area contributed by atoms with Crippen LogP contribution in [0.2, 0.25) is 5.02 Å². The van der Waals surface area contributed by atoms with Gasteiger partial charge in [0.25, 0.3) is 0 Å². The van der Waals surface area contributed by atoms with Gasteiger partial charge in [0.2, 0.25) is 0 Å². The van der Waals surface area contributed by atoms with Crippen LogP contribution in [0.1, 0.15) is 0 Å². The molecule has 4 heteroatoms. The molecule has 1 N–H and O–H groups in total. The van der Waals surface area contributed by atoms with Crippen LogP contribution in [0.5, 0.6) is 5.75 Å². The minimum absolute atomic E-state index is 0.0629. The van der Waals surface area contributed by atoms with Crippen LogP contribution < -0.4 is 0 Å². The highest BCUT2D eigenvalue weighted by Gasteiger charge is 2.14. The van der Waals surface area contributed by atoms with Gasteiger partial charge in [0.05, 0.1) is 21.7 Å². The second-order valence-corrected chi connectivity index (χ2v) is 6.36. The number of aromatic nitrogens is 1. The molecule has 0 atom stereocenters. The maximum absolute atomic E-state index is 10.0. The van der Waals surface area contributed by atoms with Crippen molar-refractivity contribution in [3.63, 3.8) is 0 Å². The number of halogens is 2. The number of hydrogen-bond donors (Lipinski definition) is 1. The van der Waals surface area contributed by atoms with Gasteiger partial charge in [0, 0.05) is 21.3 Å². The molecule has 108 valence electrons. The number of aromatic hydroxyl groups is 1. The van der Waals surface area contributed by atoms with Gasteiger partial charge in [-0.05, 0) is 34.1 Å². The molecule has 0 fully saturated rings. The molecule has 0 aliphatic heterocycles. The molecule has 0 spiro atoms. The van der Waals surface area contributed by atoms with E-state index in [1.165, 1.54) is 10.8 Å². The lowest BCUT2D eigenvalue weighted by molar-refractivity contribution is 0.475. The molecule has 0 saturated heterocycles. The molecule has 2 nitrogen and oxygen atoms in total. The molecule has 4 rings (SSSR count). The van der Waals surface area contributed by atoms with Crippen LogP contribution in [0.4, 0.5) is 0 Å². The first-order chi connectivity index (χ1) is 10.7. The van der Waals surface area contributed by atoms with E-state index in [-0.39, 0.29) is 5.75 Å². The number of rotatable bonds is 1. The van der Waals surface area contributed by atoms with E-state index in [1.54, 1.807) is 6.07 Å². The smallest absolute Gasteiger partial charge is 0.137 e. The van der Waals surface area contributed by atoms with Crippen LogP contribution in [0.25, 0.3) is 27.5 Å². The number of para-hydroxylation sites is 2. The first kappa shape index (κ1) is 13.7. The summed E-state index contributed by atoms with van der Waals surface area (Å²) in [7, 11) is 0. The van der Waals surface area contributed by atoms with Crippen LogP contribution in [0.3, 0.4) is 0 Å². The molecule has 0 unspecified atom stereocenters. The fraction of sp³-hybridized carbons (Fsp3) is 0. The predicted molar refractivity (Wildman–Crippen MR) is 95.2 cm³/mol. The highest BCUT2D eigenvalue weighted by molar-refractivity contribution is 9.10. The maximum Gasteiger partial charge on any atom is 0.137 e. The average molecular weight is 373 g/mol. The number of hydrogen-bond acceptors (Lipinski definition) is 1. The molecule has 1 heterocycles. The summed E-state index contributed by atoms with van der Waals surface area (Å²) in [4.78, 5) is 0. The van der Waals surface area contributed by atoms with Crippen molar-refractivity contribution < 1.29 is 5.11 Å². The minimum atomic E-state index is 0.0629. The Balaban J connectivity index is 2.17. The van der Waals surface area contributed by atoms with Gasteiger partial charge in [-0.3, -0.25) is 0 Å². The largest absolute Gasteiger partial charge is 0.506 e. The van der Waals surface area contributed by atoms with Gasteiger partial charge in [-0.25, -0.2) is 0 Å². The quantitative estimate of drug-likeness (QED) is 0.442. The Bertz CT molecular complexity index is 946. The van der Waals surface area contributed by atoms with Crippen molar-refractivity contribution in [3.8, 4) is 11.4 Å². The Morgan fingerprint density at radius 3 is 1.95 bits per heavy atom. The van der Waals surface area contributed by atoms with Crippen LogP contribution in [-0.4, -0.2) is 9.67 Å². The van der Waals surface area contributed by atoms with Crippen molar-refractivity contribution in [2.24, 2.45) is 0 Å². The topological polar surface area (TPSA) is 25.2 Å². The molecule has 0 saturated carbocycles. The molecular weight excluding hydrogens is 362 g/mol. The first-order valence-electron chi connectivity index (χ1n) is 6.83. The number of phenolic OH excluding ortho intramolecular Hbond substituents is 1. The molecule has 22 heavy (non-hydrogen) atoms. The Kier molecular flexibility index (Phi) is 3.13. The Hall–Kier alpha value is -1.97. The summed E-state index contributed by atoms with van der Waals surface area (Å²) in [6.07, 6.45) is 0. The maximum atomic E-state index is 10.0. The fourth-order valence-electron chi connectivity index (χ4n) is 2.89. The number of benzene rings is 3. The van der Waals surface area contributed by atoms with E-state index in [0.29, 0.717) is 9.50 Å². The predicted octanol–water partition coefficient (Wildman–Crippen LogP) is 5.91. The fourth-order valence-corrected chi connectivity index (χ4v) is 3.44. The Labute approximate surface area is 140 Å². The van der Waals surface area contributed by atoms with Gasteiger partial charge in [-0.1, -0.05) is 48.0 Å². The van der Waals surface area contributed by atoms with Gasteiger partial charge in [0.1, 0.15) is 5.75 Å². The van der Waals surface area contributed by atoms with E-state index in [9.17, 15) is 5.11 Å². The number of phenols is 1. The SMILES string of the molecule is Oc1cc(-n2c3ccccc3c3ccccc32)cc(Br)c1Cl. The van der Waals surface area contributed by atoms with Crippen LogP contribution in [0, 0.1) is 0 Å². The van der Waals surface area contributed by atoms with E-state index in [2.05, 4.69) is 44.8 Å². The zero-order valence-corrected chi connectivity index (χ0v) is 13.8. The van der Waals surface area contributed by atoms with E-state index in [0.717, 1.165) is 16.7 Å². The van der Waals surface area contributed by atoms with E-state index < -0.39 is 0 Å². The van der Waals surface area contributed by atoms with Gasteiger partial charge < -0.3 is 9.67 Å². The molecule has 3 aromatic carbocycles.